The van der Waals surface area contributed by atoms with E-state index in [9.17, 15) is 14.4 Å². The van der Waals surface area contributed by atoms with Gasteiger partial charge in [-0.05, 0) is 12.1 Å². The number of hydrogen-bond acceptors (Lipinski definition) is 4. The number of benzene rings is 1. The summed E-state index contributed by atoms with van der Waals surface area (Å²) in [4.78, 5) is 33.0. The van der Waals surface area contributed by atoms with Crippen molar-refractivity contribution < 1.29 is 24.6 Å². The fraction of sp³-hybridized carbons (Fsp3) is 0.250. The number of rotatable bonds is 7. The highest BCUT2D eigenvalue weighted by Crippen LogP contribution is 2.10. The van der Waals surface area contributed by atoms with Crippen molar-refractivity contribution in [2.75, 3.05) is 12.3 Å². The van der Waals surface area contributed by atoms with Crippen molar-refractivity contribution in [3.63, 3.8) is 0 Å². The van der Waals surface area contributed by atoms with Crippen molar-refractivity contribution >= 4 is 29.6 Å². The molecule has 0 aliphatic heterocycles. The Kier molecular flexibility index (Phi) is 5.87. The molecule has 0 aliphatic carbocycles. The van der Waals surface area contributed by atoms with E-state index in [1.807, 2.05) is 0 Å². The van der Waals surface area contributed by atoms with Crippen LogP contribution in [-0.4, -0.2) is 45.6 Å². The molecule has 0 unspecified atom stereocenters. The average Bonchev–Trinajstić information content (AvgIpc) is 2.38. The van der Waals surface area contributed by atoms with Crippen LogP contribution in [0.2, 0.25) is 0 Å². The highest BCUT2D eigenvalue weighted by molar-refractivity contribution is 8.01. The SMILES string of the molecule is O=C(O)CS[C@H](CNC(=O)c1ccccc1)C(=O)O. The second kappa shape index (κ2) is 7.42. The normalized spacial score (nSPS) is 11.6. The van der Waals surface area contributed by atoms with E-state index in [1.54, 1.807) is 30.3 Å². The van der Waals surface area contributed by atoms with Crippen LogP contribution in [0.5, 0.6) is 0 Å². The molecular weight excluding hydrogens is 270 g/mol. The van der Waals surface area contributed by atoms with Crippen LogP contribution in [-0.2, 0) is 9.59 Å². The Morgan fingerprint density at radius 1 is 1.16 bits per heavy atom. The second-order valence-corrected chi connectivity index (χ2v) is 4.80. The van der Waals surface area contributed by atoms with Crippen LogP contribution in [0.15, 0.2) is 30.3 Å². The molecule has 1 atom stereocenters. The number of nitrogens with one attached hydrogen (secondary N) is 1. The molecule has 0 heterocycles. The Labute approximate surface area is 113 Å². The number of hydrogen-bond donors (Lipinski definition) is 3. The molecule has 0 aliphatic rings. The smallest absolute Gasteiger partial charge is 0.318 e. The molecule has 0 saturated heterocycles. The molecule has 0 aromatic heterocycles. The first-order chi connectivity index (χ1) is 9.00. The van der Waals surface area contributed by atoms with Crippen molar-refractivity contribution in [3.8, 4) is 0 Å². The third-order valence-electron chi connectivity index (χ3n) is 2.17. The molecule has 0 radical (unpaired) electrons. The van der Waals surface area contributed by atoms with E-state index in [0.29, 0.717) is 5.56 Å². The third kappa shape index (κ3) is 5.43. The van der Waals surface area contributed by atoms with Gasteiger partial charge in [0, 0.05) is 12.1 Å². The van der Waals surface area contributed by atoms with Gasteiger partial charge in [-0.3, -0.25) is 14.4 Å². The highest BCUT2D eigenvalue weighted by atomic mass is 32.2. The standard InChI is InChI=1S/C12H13NO5S/c14-10(15)7-19-9(12(17)18)6-13-11(16)8-4-2-1-3-5-8/h1-5,9H,6-7H2,(H,13,16)(H,14,15)(H,17,18)/t9-/m1/s1. The molecule has 19 heavy (non-hydrogen) atoms. The third-order valence-corrected chi connectivity index (χ3v) is 3.35. The summed E-state index contributed by atoms with van der Waals surface area (Å²) >= 11 is 0.761. The number of carboxylic acid groups (broad SMARTS) is 2. The van der Waals surface area contributed by atoms with Crippen molar-refractivity contribution in [2.24, 2.45) is 0 Å². The molecule has 6 nitrogen and oxygen atoms in total. The lowest BCUT2D eigenvalue weighted by Gasteiger charge is -2.12. The first kappa shape index (κ1) is 15.0. The number of carboxylic acids is 2. The summed E-state index contributed by atoms with van der Waals surface area (Å²) in [5.41, 5.74) is 0.426. The topological polar surface area (TPSA) is 104 Å². The highest BCUT2D eigenvalue weighted by Gasteiger charge is 2.20. The minimum atomic E-state index is -1.15. The predicted molar refractivity (Wildman–Crippen MR) is 70.3 cm³/mol. The van der Waals surface area contributed by atoms with Crippen LogP contribution < -0.4 is 5.32 Å². The van der Waals surface area contributed by atoms with Crippen molar-refractivity contribution in [1.29, 1.82) is 0 Å². The molecule has 0 spiro atoms. The predicted octanol–water partition coefficient (Wildman–Crippen LogP) is 0.687. The van der Waals surface area contributed by atoms with Gasteiger partial charge < -0.3 is 15.5 Å². The van der Waals surface area contributed by atoms with Crippen molar-refractivity contribution in [2.45, 2.75) is 5.25 Å². The average molecular weight is 283 g/mol. The summed E-state index contributed by atoms with van der Waals surface area (Å²) in [6.45, 7) is -0.124. The van der Waals surface area contributed by atoms with E-state index < -0.39 is 17.2 Å². The van der Waals surface area contributed by atoms with Crippen LogP contribution >= 0.6 is 11.8 Å². The van der Waals surface area contributed by atoms with Gasteiger partial charge in [0.25, 0.3) is 5.91 Å². The Hall–Kier alpha value is -2.02. The monoisotopic (exact) mass is 283 g/mol. The number of aliphatic carboxylic acids is 2. The Morgan fingerprint density at radius 3 is 2.32 bits per heavy atom. The number of thioether (sulfide) groups is 1. The van der Waals surface area contributed by atoms with Crippen LogP contribution in [0.1, 0.15) is 10.4 Å². The van der Waals surface area contributed by atoms with Crippen LogP contribution in [0, 0.1) is 0 Å². The number of carbonyl (C=O) groups is 3. The van der Waals surface area contributed by atoms with Gasteiger partial charge in [0.05, 0.1) is 5.75 Å². The van der Waals surface area contributed by atoms with Crippen LogP contribution in [0.25, 0.3) is 0 Å². The lowest BCUT2D eigenvalue weighted by molar-refractivity contribution is -0.136. The first-order valence-corrected chi connectivity index (χ1v) is 6.45. The van der Waals surface area contributed by atoms with Gasteiger partial charge in [-0.25, -0.2) is 0 Å². The lowest BCUT2D eigenvalue weighted by atomic mass is 10.2. The fourth-order valence-electron chi connectivity index (χ4n) is 1.27. The summed E-state index contributed by atoms with van der Waals surface area (Å²) in [5, 5.41) is 18.9. The zero-order valence-electron chi connectivity index (χ0n) is 9.91. The minimum Gasteiger partial charge on any atom is -0.481 e. The quantitative estimate of drug-likeness (QED) is 0.680. The molecule has 1 aromatic rings. The molecule has 102 valence electrons. The Balaban J connectivity index is 2.50. The molecule has 0 bridgehead atoms. The molecule has 3 N–H and O–H groups in total. The van der Waals surface area contributed by atoms with E-state index in [0.717, 1.165) is 11.8 Å². The molecule has 7 heteroatoms. The van der Waals surface area contributed by atoms with Crippen LogP contribution in [0.4, 0.5) is 0 Å². The maximum absolute atomic E-state index is 11.7. The van der Waals surface area contributed by atoms with Gasteiger partial charge in [0.1, 0.15) is 5.25 Å². The summed E-state index contributed by atoms with van der Waals surface area (Å²) in [6.07, 6.45) is 0. The second-order valence-electron chi connectivity index (χ2n) is 3.61. The van der Waals surface area contributed by atoms with Gasteiger partial charge in [-0.2, -0.15) is 0 Å². The molecule has 1 rings (SSSR count). The van der Waals surface area contributed by atoms with Crippen molar-refractivity contribution in [1.82, 2.24) is 5.32 Å². The Morgan fingerprint density at radius 2 is 1.79 bits per heavy atom. The van der Waals surface area contributed by atoms with Gasteiger partial charge in [-0.15, -0.1) is 11.8 Å². The van der Waals surface area contributed by atoms with Gasteiger partial charge in [-0.1, -0.05) is 18.2 Å². The number of amides is 1. The molecule has 1 amide bonds. The molecule has 0 fully saturated rings. The maximum atomic E-state index is 11.7. The van der Waals surface area contributed by atoms with Crippen LogP contribution in [0.3, 0.4) is 0 Å². The van der Waals surface area contributed by atoms with Gasteiger partial charge >= 0.3 is 11.9 Å². The first-order valence-electron chi connectivity index (χ1n) is 5.40. The fourth-order valence-corrected chi connectivity index (χ4v) is 1.95. The summed E-state index contributed by atoms with van der Waals surface area (Å²) in [6, 6.07) is 8.37. The molecular formula is C12H13NO5S. The molecule has 1 aromatic carbocycles. The van der Waals surface area contributed by atoms with E-state index in [2.05, 4.69) is 5.32 Å². The number of carbonyl (C=O) groups excluding carboxylic acids is 1. The van der Waals surface area contributed by atoms with E-state index >= 15 is 0 Å². The van der Waals surface area contributed by atoms with E-state index in [1.165, 1.54) is 0 Å². The van der Waals surface area contributed by atoms with Gasteiger partial charge in [0.2, 0.25) is 0 Å². The van der Waals surface area contributed by atoms with E-state index in [-0.39, 0.29) is 18.2 Å². The minimum absolute atomic E-state index is 0.124. The zero-order valence-corrected chi connectivity index (χ0v) is 10.7. The summed E-state index contributed by atoms with van der Waals surface area (Å²) < 4.78 is 0. The summed E-state index contributed by atoms with van der Waals surface area (Å²) in [7, 11) is 0. The summed E-state index contributed by atoms with van der Waals surface area (Å²) in [5.74, 6) is -2.95. The molecule has 0 saturated carbocycles. The van der Waals surface area contributed by atoms with E-state index in [4.69, 9.17) is 10.2 Å². The van der Waals surface area contributed by atoms with Crippen molar-refractivity contribution in [3.05, 3.63) is 35.9 Å². The maximum Gasteiger partial charge on any atom is 0.318 e. The zero-order chi connectivity index (χ0) is 14.3. The largest absolute Gasteiger partial charge is 0.481 e. The Bertz CT molecular complexity index is 462. The van der Waals surface area contributed by atoms with Gasteiger partial charge in [0.15, 0.2) is 0 Å². The lowest BCUT2D eigenvalue weighted by Crippen LogP contribution is -2.35.